The third-order valence-corrected chi connectivity index (χ3v) is 10.7. The average Bonchev–Trinajstić information content (AvgIpc) is 3.49. The fourth-order valence-corrected chi connectivity index (χ4v) is 8.33. The number of hydrogen-bond acceptors (Lipinski definition) is 3. The SMILES string of the molecule is Cc1ccc(N(c2ccccc2)c2ccc3cc4c5cc6c(cc5n(-c5ccccc5)c4cc3c2)B2c3ccccc3Oc3cccc(c32)O6)cc1. The molecule has 0 N–H and O–H groups in total. The second kappa shape index (κ2) is 11.1. The fraction of sp³-hybridized carbons (Fsp3) is 0.0213. The zero-order valence-electron chi connectivity index (χ0n) is 28.5. The van der Waals surface area contributed by atoms with Crippen molar-refractivity contribution in [2.45, 2.75) is 6.92 Å². The number of hydrogen-bond donors (Lipinski definition) is 0. The number of anilines is 3. The molecule has 0 bridgehead atoms. The summed E-state index contributed by atoms with van der Waals surface area (Å²) in [6, 6.07) is 60.7. The predicted molar refractivity (Wildman–Crippen MR) is 215 cm³/mol. The molecule has 3 heterocycles. The summed E-state index contributed by atoms with van der Waals surface area (Å²) in [4.78, 5) is 2.33. The van der Waals surface area contributed by atoms with Crippen molar-refractivity contribution >= 4 is 72.7 Å². The van der Waals surface area contributed by atoms with Gasteiger partial charge in [0.05, 0.1) is 11.0 Å². The first-order valence-corrected chi connectivity index (χ1v) is 17.8. The molecule has 244 valence electrons. The van der Waals surface area contributed by atoms with Crippen LogP contribution in [0, 0.1) is 6.92 Å². The van der Waals surface area contributed by atoms with E-state index in [0.717, 1.165) is 78.6 Å². The summed E-state index contributed by atoms with van der Waals surface area (Å²) in [7, 11) is 0. The van der Waals surface area contributed by atoms with Gasteiger partial charge in [-0.2, -0.15) is 0 Å². The van der Waals surface area contributed by atoms with Gasteiger partial charge in [0, 0.05) is 39.0 Å². The van der Waals surface area contributed by atoms with Gasteiger partial charge in [0.1, 0.15) is 23.0 Å². The van der Waals surface area contributed by atoms with Crippen molar-refractivity contribution in [3.63, 3.8) is 0 Å². The summed E-state index contributed by atoms with van der Waals surface area (Å²) in [5.74, 6) is 3.49. The zero-order chi connectivity index (χ0) is 34.3. The third-order valence-electron chi connectivity index (χ3n) is 10.7. The van der Waals surface area contributed by atoms with E-state index in [1.54, 1.807) is 0 Å². The van der Waals surface area contributed by atoms with Crippen molar-refractivity contribution in [3.8, 4) is 28.7 Å². The van der Waals surface area contributed by atoms with E-state index in [1.807, 2.05) is 18.2 Å². The summed E-state index contributed by atoms with van der Waals surface area (Å²) >= 11 is 0. The molecule has 0 saturated heterocycles. The maximum Gasteiger partial charge on any atom is 0.260 e. The molecule has 0 unspecified atom stereocenters. The van der Waals surface area contributed by atoms with Crippen LogP contribution in [0.3, 0.4) is 0 Å². The molecule has 8 aromatic carbocycles. The highest BCUT2D eigenvalue weighted by Gasteiger charge is 2.40. The Morgan fingerprint density at radius 3 is 1.90 bits per heavy atom. The molecule has 52 heavy (non-hydrogen) atoms. The maximum absolute atomic E-state index is 6.74. The minimum absolute atomic E-state index is 0.00101. The lowest BCUT2D eigenvalue weighted by molar-refractivity contribution is 0.465. The van der Waals surface area contributed by atoms with Gasteiger partial charge in [-0.3, -0.25) is 0 Å². The molecule has 1 aromatic heterocycles. The van der Waals surface area contributed by atoms with Crippen molar-refractivity contribution < 1.29 is 9.47 Å². The molecule has 4 nitrogen and oxygen atoms in total. The van der Waals surface area contributed by atoms with Crippen LogP contribution in [0.4, 0.5) is 17.1 Å². The van der Waals surface area contributed by atoms with Crippen molar-refractivity contribution in [3.05, 3.63) is 175 Å². The molecule has 0 fully saturated rings. The predicted octanol–water partition coefficient (Wildman–Crippen LogP) is 10.4. The largest absolute Gasteiger partial charge is 0.458 e. The van der Waals surface area contributed by atoms with Crippen LogP contribution < -0.4 is 30.8 Å². The molecule has 0 saturated carbocycles. The number of benzene rings is 8. The lowest BCUT2D eigenvalue weighted by Gasteiger charge is -2.32. The molecular weight excluding hydrogens is 635 g/mol. The number of nitrogens with zero attached hydrogens (tertiary/aromatic N) is 2. The molecule has 0 amide bonds. The molecule has 5 heteroatoms. The third kappa shape index (κ3) is 4.36. The Labute approximate surface area is 301 Å². The molecule has 0 atom stereocenters. The zero-order valence-corrected chi connectivity index (χ0v) is 28.5. The molecule has 2 aliphatic heterocycles. The maximum atomic E-state index is 6.74. The Bertz CT molecular complexity index is 2860. The molecule has 0 spiro atoms. The molecule has 2 aliphatic rings. The first-order valence-electron chi connectivity index (χ1n) is 17.8. The van der Waals surface area contributed by atoms with Crippen molar-refractivity contribution in [1.82, 2.24) is 4.57 Å². The van der Waals surface area contributed by atoms with E-state index in [9.17, 15) is 0 Å². The van der Waals surface area contributed by atoms with E-state index in [2.05, 4.69) is 168 Å². The summed E-state index contributed by atoms with van der Waals surface area (Å²) < 4.78 is 15.6. The summed E-state index contributed by atoms with van der Waals surface area (Å²) in [5, 5.41) is 4.71. The normalized spacial score (nSPS) is 12.6. The number of fused-ring (bicyclic) bond motifs is 8. The van der Waals surface area contributed by atoms with Gasteiger partial charge in [-0.25, -0.2) is 0 Å². The van der Waals surface area contributed by atoms with Crippen molar-refractivity contribution in [2.75, 3.05) is 4.90 Å². The van der Waals surface area contributed by atoms with Crippen molar-refractivity contribution in [2.24, 2.45) is 0 Å². The van der Waals surface area contributed by atoms with Gasteiger partial charge in [-0.15, -0.1) is 0 Å². The highest BCUT2D eigenvalue weighted by molar-refractivity contribution is 6.98. The smallest absolute Gasteiger partial charge is 0.260 e. The van der Waals surface area contributed by atoms with Crippen LogP contribution in [0.15, 0.2) is 170 Å². The van der Waals surface area contributed by atoms with Crippen LogP contribution in [-0.4, -0.2) is 11.3 Å². The molecule has 9 aromatic rings. The second-order valence-corrected chi connectivity index (χ2v) is 13.8. The number of para-hydroxylation sites is 3. The van der Waals surface area contributed by atoms with Crippen LogP contribution in [0.5, 0.6) is 23.0 Å². The van der Waals surface area contributed by atoms with Gasteiger partial charge in [-0.05, 0) is 120 Å². The average molecular weight is 667 g/mol. The van der Waals surface area contributed by atoms with Gasteiger partial charge >= 0.3 is 0 Å². The molecular formula is C47H31BN2O2. The topological polar surface area (TPSA) is 26.6 Å². The summed E-state index contributed by atoms with van der Waals surface area (Å²) in [6.45, 7) is 2.13. The van der Waals surface area contributed by atoms with Crippen LogP contribution >= 0.6 is 0 Å². The van der Waals surface area contributed by atoms with E-state index in [0.29, 0.717) is 0 Å². The Balaban J connectivity index is 1.16. The van der Waals surface area contributed by atoms with Gasteiger partial charge in [0.2, 0.25) is 0 Å². The van der Waals surface area contributed by atoms with E-state index in [1.165, 1.54) is 21.7 Å². The molecule has 0 radical (unpaired) electrons. The van der Waals surface area contributed by atoms with Gasteiger partial charge < -0.3 is 18.9 Å². The van der Waals surface area contributed by atoms with E-state index in [4.69, 9.17) is 9.47 Å². The van der Waals surface area contributed by atoms with E-state index >= 15 is 0 Å². The van der Waals surface area contributed by atoms with Crippen LogP contribution in [-0.2, 0) is 0 Å². The number of rotatable bonds is 4. The Morgan fingerprint density at radius 2 is 1.10 bits per heavy atom. The summed E-state index contributed by atoms with van der Waals surface area (Å²) in [5.41, 5.74) is 11.4. The highest BCUT2D eigenvalue weighted by atomic mass is 16.5. The lowest BCUT2D eigenvalue weighted by Crippen LogP contribution is -2.57. The second-order valence-electron chi connectivity index (χ2n) is 13.8. The lowest BCUT2D eigenvalue weighted by atomic mass is 9.35. The van der Waals surface area contributed by atoms with Gasteiger partial charge in [-0.1, -0.05) is 84.4 Å². The number of aromatic nitrogens is 1. The van der Waals surface area contributed by atoms with E-state index < -0.39 is 0 Å². The van der Waals surface area contributed by atoms with Gasteiger partial charge in [0.25, 0.3) is 6.71 Å². The highest BCUT2D eigenvalue weighted by Crippen LogP contribution is 2.42. The Morgan fingerprint density at radius 1 is 0.462 bits per heavy atom. The number of aryl methyl sites for hydroxylation is 1. The van der Waals surface area contributed by atoms with Gasteiger partial charge in [0.15, 0.2) is 0 Å². The van der Waals surface area contributed by atoms with E-state index in [-0.39, 0.29) is 6.71 Å². The Hall–Kier alpha value is -6.72. The minimum atomic E-state index is -0.00101. The van der Waals surface area contributed by atoms with Crippen LogP contribution in [0.25, 0.3) is 38.3 Å². The first kappa shape index (κ1) is 29.1. The minimum Gasteiger partial charge on any atom is -0.458 e. The summed E-state index contributed by atoms with van der Waals surface area (Å²) in [6.07, 6.45) is 0. The van der Waals surface area contributed by atoms with Crippen LogP contribution in [0.2, 0.25) is 0 Å². The quantitative estimate of drug-likeness (QED) is 0.175. The standard InChI is InChI=1S/C47H31BN2O2/c1-30-19-22-35(23-20-30)49(33-11-4-2-5-12-33)36-24-21-31-26-37-38-28-46-40(29-42(38)50(34-13-6-3-7-14-34)41(37)27-32(31)25-36)48-39-15-8-9-16-43(39)51-44-17-10-18-45(52-46)47(44)48/h2-29H,1H3. The van der Waals surface area contributed by atoms with Crippen LogP contribution in [0.1, 0.15) is 5.56 Å². The van der Waals surface area contributed by atoms with Crippen molar-refractivity contribution in [1.29, 1.82) is 0 Å². The fourth-order valence-electron chi connectivity index (χ4n) is 8.33. The first-order chi connectivity index (χ1) is 25.7. The molecule has 11 rings (SSSR count). The number of ether oxygens (including phenoxy) is 2. The Kier molecular flexibility index (Phi) is 6.23. The monoisotopic (exact) mass is 666 g/mol. The molecule has 0 aliphatic carbocycles.